The van der Waals surface area contributed by atoms with E-state index in [-0.39, 0.29) is 48.7 Å². The lowest BCUT2D eigenvalue weighted by molar-refractivity contribution is -0.159. The number of methoxy groups -OCH3 is 2. The number of hydrogen-bond donors (Lipinski definition) is 1. The molecular weight excluding hydrogens is 628 g/mol. The fourth-order valence-corrected chi connectivity index (χ4v) is 2.49. The molecule has 0 saturated carbocycles. The molecule has 0 spiro atoms. The van der Waals surface area contributed by atoms with Crippen molar-refractivity contribution in [3.05, 3.63) is 12.2 Å². The fourth-order valence-electron chi connectivity index (χ4n) is 2.49. The molecule has 0 aliphatic heterocycles. The van der Waals surface area contributed by atoms with Crippen LogP contribution in [0.2, 0.25) is 0 Å². The highest BCUT2D eigenvalue weighted by Gasteiger charge is 2.28. The summed E-state index contributed by atoms with van der Waals surface area (Å²) in [5.41, 5.74) is -1.05. The zero-order chi connectivity index (χ0) is 37.8. The standard InChI is InChI=1S/C15H30O6.C13H22O5.C7H14O2/c1-5-15(2,3)14(16)21-13-12-20-11-10-19-9-8-18-7-6-17-4;1-6-13(4,5)12(16)18-8-10(14)7-17-11(15)9(2)3;1-5-7(2,3)6(8)9-4/h5-13H2,1-4H3;10,14H,2,6-8H2,1,3-5H3;5H2,1-4H3. The molecule has 0 saturated heterocycles. The number of aliphatic hydroxyl groups is 1. The Labute approximate surface area is 289 Å². The molecule has 0 aromatic rings. The molecule has 13 nitrogen and oxygen atoms in total. The molecule has 1 atom stereocenters. The number of ether oxygens (including phenoxy) is 8. The third kappa shape index (κ3) is 26.4. The van der Waals surface area contributed by atoms with Crippen molar-refractivity contribution in [1.29, 1.82) is 0 Å². The summed E-state index contributed by atoms with van der Waals surface area (Å²) in [4.78, 5) is 45.1. The molecule has 0 radical (unpaired) electrons. The molecule has 0 aromatic heterocycles. The Morgan fingerprint density at radius 1 is 0.583 bits per heavy atom. The quantitative estimate of drug-likeness (QED) is 0.0678. The maximum absolute atomic E-state index is 11.7. The summed E-state index contributed by atoms with van der Waals surface area (Å²) in [5.74, 6) is -1.27. The highest BCUT2D eigenvalue weighted by Crippen LogP contribution is 2.22. The predicted molar refractivity (Wildman–Crippen MR) is 182 cm³/mol. The van der Waals surface area contributed by atoms with Crippen LogP contribution in [0.1, 0.15) is 88.5 Å². The smallest absolute Gasteiger partial charge is 0.333 e. The summed E-state index contributed by atoms with van der Waals surface area (Å²) in [6.07, 6.45) is 1.20. The van der Waals surface area contributed by atoms with Gasteiger partial charge in [-0.1, -0.05) is 27.4 Å². The van der Waals surface area contributed by atoms with Gasteiger partial charge in [0, 0.05) is 12.7 Å². The molecule has 284 valence electrons. The lowest BCUT2D eigenvalue weighted by Gasteiger charge is -2.21. The van der Waals surface area contributed by atoms with E-state index in [0.29, 0.717) is 52.7 Å². The Kier molecular flexibility index (Phi) is 29.3. The van der Waals surface area contributed by atoms with E-state index >= 15 is 0 Å². The first-order valence-electron chi connectivity index (χ1n) is 16.4. The Bertz CT molecular complexity index is 897. The van der Waals surface area contributed by atoms with E-state index in [4.69, 9.17) is 33.2 Å². The van der Waals surface area contributed by atoms with Crippen molar-refractivity contribution in [2.24, 2.45) is 16.2 Å². The van der Waals surface area contributed by atoms with Crippen molar-refractivity contribution < 1.29 is 62.2 Å². The maximum atomic E-state index is 11.7. The van der Waals surface area contributed by atoms with Crippen LogP contribution in [0.25, 0.3) is 0 Å². The first-order chi connectivity index (χ1) is 22.3. The van der Waals surface area contributed by atoms with Gasteiger partial charge in [-0.25, -0.2) is 4.79 Å². The van der Waals surface area contributed by atoms with Crippen LogP contribution in [0.4, 0.5) is 0 Å². The third-order valence-corrected chi connectivity index (χ3v) is 7.29. The molecule has 0 amide bonds. The monoisotopic (exact) mass is 694 g/mol. The molecule has 0 fully saturated rings. The van der Waals surface area contributed by atoms with Crippen LogP contribution in [0.5, 0.6) is 0 Å². The second kappa shape index (κ2) is 28.3. The van der Waals surface area contributed by atoms with E-state index in [1.165, 1.54) is 14.0 Å². The minimum atomic E-state index is -1.02. The Hall–Kier alpha value is -2.58. The molecule has 0 aliphatic rings. The van der Waals surface area contributed by atoms with Gasteiger partial charge in [-0.15, -0.1) is 0 Å². The summed E-state index contributed by atoms with van der Waals surface area (Å²) in [5, 5.41) is 9.48. The molecule has 48 heavy (non-hydrogen) atoms. The zero-order valence-electron chi connectivity index (χ0n) is 31.8. The number of carbonyl (C=O) groups is 4. The fraction of sp³-hybridized carbons (Fsp3) is 0.829. The van der Waals surface area contributed by atoms with Gasteiger partial charge in [-0.2, -0.15) is 0 Å². The first kappa shape index (κ1) is 49.8. The lowest BCUT2D eigenvalue weighted by atomic mass is 9.91. The van der Waals surface area contributed by atoms with Crippen LogP contribution >= 0.6 is 0 Å². The van der Waals surface area contributed by atoms with E-state index in [9.17, 15) is 24.3 Å². The second-order valence-electron chi connectivity index (χ2n) is 12.8. The number of aliphatic hydroxyl groups excluding tert-OH is 1. The molecule has 13 heteroatoms. The third-order valence-electron chi connectivity index (χ3n) is 7.29. The highest BCUT2D eigenvalue weighted by atomic mass is 16.6. The van der Waals surface area contributed by atoms with Gasteiger partial charge in [0.1, 0.15) is 25.9 Å². The van der Waals surface area contributed by atoms with Gasteiger partial charge >= 0.3 is 23.9 Å². The van der Waals surface area contributed by atoms with Crippen LogP contribution < -0.4 is 0 Å². The van der Waals surface area contributed by atoms with Gasteiger partial charge < -0.3 is 43.0 Å². The van der Waals surface area contributed by atoms with E-state index in [2.05, 4.69) is 11.3 Å². The van der Waals surface area contributed by atoms with E-state index in [0.717, 1.165) is 12.8 Å². The van der Waals surface area contributed by atoms with Crippen LogP contribution in [-0.4, -0.2) is 115 Å². The van der Waals surface area contributed by atoms with Crippen molar-refractivity contribution in [3.63, 3.8) is 0 Å². The topological polar surface area (TPSA) is 162 Å². The Morgan fingerprint density at radius 3 is 1.29 bits per heavy atom. The molecule has 1 N–H and O–H groups in total. The van der Waals surface area contributed by atoms with Crippen molar-refractivity contribution in [1.82, 2.24) is 0 Å². The van der Waals surface area contributed by atoms with Gasteiger partial charge in [0.15, 0.2) is 0 Å². The molecule has 0 aliphatic carbocycles. The van der Waals surface area contributed by atoms with Gasteiger partial charge in [0.2, 0.25) is 0 Å². The molecule has 0 bridgehead atoms. The summed E-state index contributed by atoms with van der Waals surface area (Å²) in [7, 11) is 3.05. The molecule has 1 unspecified atom stereocenters. The Balaban J connectivity index is -0.000000681. The van der Waals surface area contributed by atoms with Crippen molar-refractivity contribution in [2.45, 2.75) is 94.6 Å². The minimum Gasteiger partial charge on any atom is -0.469 e. The number of hydrogen-bond acceptors (Lipinski definition) is 13. The summed E-state index contributed by atoms with van der Waals surface area (Å²) >= 11 is 0. The summed E-state index contributed by atoms with van der Waals surface area (Å²) in [6, 6.07) is 0. The average molecular weight is 695 g/mol. The van der Waals surface area contributed by atoms with Gasteiger partial charge in [0.25, 0.3) is 0 Å². The summed E-state index contributed by atoms with van der Waals surface area (Å²) < 4.78 is 40.1. The molecular formula is C35H66O13. The van der Waals surface area contributed by atoms with E-state index < -0.39 is 22.9 Å². The van der Waals surface area contributed by atoms with Crippen LogP contribution in [0.3, 0.4) is 0 Å². The van der Waals surface area contributed by atoms with Gasteiger partial charge in [0.05, 0.1) is 69.6 Å². The van der Waals surface area contributed by atoms with Crippen LogP contribution in [0, 0.1) is 16.2 Å². The van der Waals surface area contributed by atoms with Crippen molar-refractivity contribution >= 4 is 23.9 Å². The number of esters is 4. The van der Waals surface area contributed by atoms with Gasteiger partial charge in [-0.05, 0) is 67.7 Å². The molecule has 0 heterocycles. The maximum Gasteiger partial charge on any atom is 0.333 e. The largest absolute Gasteiger partial charge is 0.469 e. The molecule has 0 rings (SSSR count). The van der Waals surface area contributed by atoms with E-state index in [1.807, 2.05) is 48.5 Å². The van der Waals surface area contributed by atoms with E-state index in [1.54, 1.807) is 21.0 Å². The number of rotatable bonds is 23. The lowest BCUT2D eigenvalue weighted by Crippen LogP contribution is -2.31. The molecule has 0 aromatic carbocycles. The second-order valence-corrected chi connectivity index (χ2v) is 12.8. The Morgan fingerprint density at radius 2 is 0.938 bits per heavy atom. The van der Waals surface area contributed by atoms with Crippen molar-refractivity contribution in [3.8, 4) is 0 Å². The predicted octanol–water partition coefficient (Wildman–Crippen LogP) is 4.70. The summed E-state index contributed by atoms with van der Waals surface area (Å²) in [6.45, 7) is 25.3. The zero-order valence-corrected chi connectivity index (χ0v) is 31.8. The minimum absolute atomic E-state index is 0.134. The van der Waals surface area contributed by atoms with Crippen molar-refractivity contribution in [2.75, 3.05) is 80.3 Å². The van der Waals surface area contributed by atoms with Gasteiger partial charge in [-0.3, -0.25) is 14.4 Å². The highest BCUT2D eigenvalue weighted by molar-refractivity contribution is 5.86. The first-order valence-corrected chi connectivity index (χ1v) is 16.4. The average Bonchev–Trinajstić information content (AvgIpc) is 3.06. The van der Waals surface area contributed by atoms with Crippen LogP contribution in [-0.2, 0) is 57.1 Å². The SMILES string of the molecule is C=C(C)C(=O)OCC(O)COC(=O)C(C)(C)CC.CCC(C)(C)C(=O)OC.CCC(C)(C)C(=O)OCCOCCOCCOCCOC. The van der Waals surface area contributed by atoms with Crippen LogP contribution in [0.15, 0.2) is 12.2 Å². The normalized spacial score (nSPS) is 11.9. The number of carbonyl (C=O) groups excluding carboxylic acids is 4.